The van der Waals surface area contributed by atoms with Crippen LogP contribution in [0.1, 0.15) is 33.7 Å². The van der Waals surface area contributed by atoms with Crippen molar-refractivity contribution < 1.29 is 14.0 Å². The number of likely N-dealkylation sites (tertiary alicyclic amines) is 1. The zero-order chi connectivity index (χ0) is 22.7. The predicted octanol–water partition coefficient (Wildman–Crippen LogP) is 3.21. The SMILES string of the molecule is Cc1c(C(=O)NCC2CC(=O)N(Cc3cccc(Cl)c3)C2)nnn1Cc1ccc(F)cc1. The van der Waals surface area contributed by atoms with Gasteiger partial charge in [-0.1, -0.05) is 41.1 Å². The minimum atomic E-state index is -0.325. The lowest BCUT2D eigenvalue weighted by atomic mass is 10.1. The second kappa shape index (κ2) is 9.48. The highest BCUT2D eigenvalue weighted by molar-refractivity contribution is 6.30. The van der Waals surface area contributed by atoms with Crippen molar-refractivity contribution in [2.75, 3.05) is 13.1 Å². The summed E-state index contributed by atoms with van der Waals surface area (Å²) in [7, 11) is 0. The van der Waals surface area contributed by atoms with Crippen molar-refractivity contribution in [1.29, 1.82) is 0 Å². The molecule has 1 unspecified atom stereocenters. The Bertz CT molecular complexity index is 1130. The van der Waals surface area contributed by atoms with E-state index in [9.17, 15) is 14.0 Å². The van der Waals surface area contributed by atoms with Gasteiger partial charge in [0.2, 0.25) is 5.91 Å². The number of hydrogen-bond donors (Lipinski definition) is 1. The van der Waals surface area contributed by atoms with Crippen LogP contribution < -0.4 is 5.32 Å². The first-order valence-electron chi connectivity index (χ1n) is 10.3. The summed E-state index contributed by atoms with van der Waals surface area (Å²) >= 11 is 6.03. The van der Waals surface area contributed by atoms with Gasteiger partial charge in [-0.15, -0.1) is 5.10 Å². The van der Waals surface area contributed by atoms with Gasteiger partial charge in [0.1, 0.15) is 5.82 Å². The lowest BCUT2D eigenvalue weighted by molar-refractivity contribution is -0.128. The average Bonchev–Trinajstić information content (AvgIpc) is 3.30. The van der Waals surface area contributed by atoms with Gasteiger partial charge in [-0.3, -0.25) is 9.59 Å². The fourth-order valence-electron chi connectivity index (χ4n) is 3.80. The van der Waals surface area contributed by atoms with Crippen molar-refractivity contribution in [3.8, 4) is 0 Å². The molecule has 3 aromatic rings. The van der Waals surface area contributed by atoms with E-state index in [2.05, 4.69) is 15.6 Å². The molecule has 1 saturated heterocycles. The van der Waals surface area contributed by atoms with Crippen LogP contribution in [0.15, 0.2) is 48.5 Å². The molecule has 1 atom stereocenters. The number of aromatic nitrogens is 3. The van der Waals surface area contributed by atoms with E-state index in [1.165, 1.54) is 12.1 Å². The molecule has 1 aliphatic heterocycles. The number of amides is 2. The number of carbonyl (C=O) groups is 2. The normalized spacial score (nSPS) is 15.9. The molecule has 1 aromatic heterocycles. The molecule has 0 saturated carbocycles. The highest BCUT2D eigenvalue weighted by Gasteiger charge is 2.30. The number of halogens is 2. The Balaban J connectivity index is 1.31. The van der Waals surface area contributed by atoms with Crippen LogP contribution in [0.3, 0.4) is 0 Å². The van der Waals surface area contributed by atoms with Crippen LogP contribution in [-0.4, -0.2) is 44.8 Å². The van der Waals surface area contributed by atoms with Crippen molar-refractivity contribution >= 4 is 23.4 Å². The van der Waals surface area contributed by atoms with Crippen molar-refractivity contribution in [1.82, 2.24) is 25.2 Å². The van der Waals surface area contributed by atoms with E-state index in [1.54, 1.807) is 34.7 Å². The number of rotatable bonds is 7. The summed E-state index contributed by atoms with van der Waals surface area (Å²) in [5.41, 5.74) is 2.70. The van der Waals surface area contributed by atoms with Crippen molar-refractivity contribution in [3.63, 3.8) is 0 Å². The third-order valence-corrected chi connectivity index (χ3v) is 5.79. The first-order valence-corrected chi connectivity index (χ1v) is 10.7. The van der Waals surface area contributed by atoms with E-state index in [-0.39, 0.29) is 29.2 Å². The lowest BCUT2D eigenvalue weighted by Crippen LogP contribution is -2.31. The van der Waals surface area contributed by atoms with E-state index in [0.717, 1.165) is 11.1 Å². The molecule has 4 rings (SSSR count). The smallest absolute Gasteiger partial charge is 0.273 e. The molecule has 1 fully saturated rings. The van der Waals surface area contributed by atoms with Crippen LogP contribution in [0.5, 0.6) is 0 Å². The molecule has 1 N–H and O–H groups in total. The molecule has 32 heavy (non-hydrogen) atoms. The monoisotopic (exact) mass is 455 g/mol. The summed E-state index contributed by atoms with van der Waals surface area (Å²) in [4.78, 5) is 26.8. The third kappa shape index (κ3) is 5.13. The van der Waals surface area contributed by atoms with Crippen LogP contribution in [0.25, 0.3) is 0 Å². The molecule has 2 aromatic carbocycles. The predicted molar refractivity (Wildman–Crippen MR) is 118 cm³/mol. The molecule has 0 bridgehead atoms. The Hall–Kier alpha value is -3.26. The molecular formula is C23H23ClFN5O2. The molecule has 2 heterocycles. The van der Waals surface area contributed by atoms with Crippen LogP contribution >= 0.6 is 11.6 Å². The molecule has 166 valence electrons. The van der Waals surface area contributed by atoms with E-state index in [4.69, 9.17) is 11.6 Å². The number of benzene rings is 2. The maximum atomic E-state index is 13.1. The van der Waals surface area contributed by atoms with Gasteiger partial charge < -0.3 is 10.2 Å². The fraction of sp³-hybridized carbons (Fsp3) is 0.304. The lowest BCUT2D eigenvalue weighted by Gasteiger charge is -2.17. The molecule has 0 aliphatic carbocycles. The Kier molecular flexibility index (Phi) is 6.50. The van der Waals surface area contributed by atoms with E-state index in [0.29, 0.717) is 43.3 Å². The Morgan fingerprint density at radius 1 is 1.19 bits per heavy atom. The maximum absolute atomic E-state index is 13.1. The molecule has 1 aliphatic rings. The van der Waals surface area contributed by atoms with Crippen molar-refractivity contribution in [3.05, 3.63) is 81.9 Å². The van der Waals surface area contributed by atoms with E-state index in [1.807, 2.05) is 18.2 Å². The standard InChI is InChI=1S/C23H23ClFN5O2/c1-15-22(27-28-30(15)14-16-5-7-20(25)8-6-16)23(32)26-11-18-10-21(31)29(13-18)12-17-3-2-4-19(24)9-17/h2-9,18H,10-14H2,1H3,(H,26,32). The molecule has 7 nitrogen and oxygen atoms in total. The zero-order valence-electron chi connectivity index (χ0n) is 17.6. The van der Waals surface area contributed by atoms with Gasteiger partial charge in [-0.05, 0) is 42.3 Å². The van der Waals surface area contributed by atoms with E-state index >= 15 is 0 Å². The second-order valence-electron chi connectivity index (χ2n) is 7.99. The van der Waals surface area contributed by atoms with Gasteiger partial charge in [0.25, 0.3) is 5.91 Å². The van der Waals surface area contributed by atoms with Crippen molar-refractivity contribution in [2.45, 2.75) is 26.4 Å². The van der Waals surface area contributed by atoms with Gasteiger partial charge in [0.15, 0.2) is 5.69 Å². The molecular weight excluding hydrogens is 433 g/mol. The molecule has 9 heteroatoms. The Morgan fingerprint density at radius 3 is 2.72 bits per heavy atom. The Labute approximate surface area is 190 Å². The highest BCUT2D eigenvalue weighted by atomic mass is 35.5. The largest absolute Gasteiger partial charge is 0.350 e. The number of carbonyl (C=O) groups excluding carboxylic acids is 2. The van der Waals surface area contributed by atoms with Crippen LogP contribution in [-0.2, 0) is 17.9 Å². The maximum Gasteiger partial charge on any atom is 0.273 e. The highest BCUT2D eigenvalue weighted by Crippen LogP contribution is 2.21. The first kappa shape index (κ1) is 22.0. The minimum Gasteiger partial charge on any atom is -0.350 e. The van der Waals surface area contributed by atoms with E-state index < -0.39 is 0 Å². The summed E-state index contributed by atoms with van der Waals surface area (Å²) < 4.78 is 14.7. The molecule has 2 amide bonds. The Morgan fingerprint density at radius 2 is 1.97 bits per heavy atom. The van der Waals surface area contributed by atoms with Gasteiger partial charge in [-0.25, -0.2) is 9.07 Å². The van der Waals surface area contributed by atoms with Gasteiger partial charge >= 0.3 is 0 Å². The number of hydrogen-bond acceptors (Lipinski definition) is 4. The van der Waals surface area contributed by atoms with Crippen LogP contribution in [0.2, 0.25) is 5.02 Å². The van der Waals surface area contributed by atoms with Gasteiger partial charge in [-0.2, -0.15) is 0 Å². The fourth-order valence-corrected chi connectivity index (χ4v) is 4.02. The first-order chi connectivity index (χ1) is 15.4. The number of nitrogens with one attached hydrogen (secondary N) is 1. The van der Waals surface area contributed by atoms with Crippen LogP contribution in [0.4, 0.5) is 4.39 Å². The topological polar surface area (TPSA) is 80.1 Å². The average molecular weight is 456 g/mol. The zero-order valence-corrected chi connectivity index (χ0v) is 18.3. The summed E-state index contributed by atoms with van der Waals surface area (Å²) in [6, 6.07) is 13.6. The summed E-state index contributed by atoms with van der Waals surface area (Å²) in [6.45, 7) is 3.61. The number of nitrogens with zero attached hydrogens (tertiary/aromatic N) is 4. The summed E-state index contributed by atoms with van der Waals surface area (Å²) in [5.74, 6) is -0.542. The van der Waals surface area contributed by atoms with Crippen molar-refractivity contribution in [2.24, 2.45) is 5.92 Å². The van der Waals surface area contributed by atoms with Crippen LogP contribution in [0, 0.1) is 18.7 Å². The summed E-state index contributed by atoms with van der Waals surface area (Å²) in [6.07, 6.45) is 0.386. The third-order valence-electron chi connectivity index (χ3n) is 5.55. The summed E-state index contributed by atoms with van der Waals surface area (Å²) in [5, 5.41) is 11.6. The van der Waals surface area contributed by atoms with Gasteiger partial charge in [0.05, 0.1) is 12.2 Å². The van der Waals surface area contributed by atoms with Gasteiger partial charge in [0, 0.05) is 37.0 Å². The second-order valence-corrected chi connectivity index (χ2v) is 8.43. The molecule has 0 radical (unpaired) electrons. The molecule has 0 spiro atoms. The minimum absolute atomic E-state index is 0.0280. The quantitative estimate of drug-likeness (QED) is 0.593.